The van der Waals surface area contributed by atoms with Crippen LogP contribution in [0.3, 0.4) is 0 Å². The highest BCUT2D eigenvalue weighted by Gasteiger charge is 2.25. The second-order valence-corrected chi connectivity index (χ2v) is 5.40. The summed E-state index contributed by atoms with van der Waals surface area (Å²) in [4.78, 5) is 2.58. The van der Waals surface area contributed by atoms with Gasteiger partial charge >= 0.3 is 0 Å². The topological polar surface area (TPSA) is 15.3 Å². The normalized spacial score (nSPS) is 26.3. The van der Waals surface area contributed by atoms with Gasteiger partial charge in [-0.3, -0.25) is 0 Å². The Labute approximate surface area is 85.4 Å². The van der Waals surface area contributed by atoms with Crippen LogP contribution in [0.4, 0.5) is 0 Å². The van der Waals surface area contributed by atoms with Crippen molar-refractivity contribution >= 4 is 11.8 Å². The third-order valence-corrected chi connectivity index (χ3v) is 4.49. The number of hydrogen-bond donors (Lipinski definition) is 1. The highest BCUT2D eigenvalue weighted by atomic mass is 32.2. The zero-order valence-electron chi connectivity index (χ0n) is 8.46. The Hall–Kier alpha value is 0.270. The smallest absolute Gasteiger partial charge is 0.0274 e. The largest absolute Gasteiger partial charge is 0.317 e. The van der Waals surface area contributed by atoms with E-state index in [1.54, 1.807) is 0 Å². The molecule has 0 atom stereocenters. The molecule has 2 saturated heterocycles. The van der Waals surface area contributed by atoms with Crippen LogP contribution in [-0.4, -0.2) is 49.1 Å². The fraction of sp³-hybridized carbons (Fsp3) is 1.00. The van der Waals surface area contributed by atoms with Crippen LogP contribution >= 0.6 is 11.8 Å². The molecule has 3 heteroatoms. The van der Waals surface area contributed by atoms with E-state index in [0.717, 1.165) is 12.0 Å². The summed E-state index contributed by atoms with van der Waals surface area (Å²) in [7, 11) is 2.30. The molecule has 2 rings (SSSR count). The first-order chi connectivity index (χ1) is 6.36. The number of nitrogens with one attached hydrogen (secondary N) is 1. The molecule has 2 aliphatic heterocycles. The van der Waals surface area contributed by atoms with Crippen LogP contribution in [-0.2, 0) is 0 Å². The molecule has 0 saturated carbocycles. The van der Waals surface area contributed by atoms with Crippen LogP contribution in [0.1, 0.15) is 12.8 Å². The van der Waals surface area contributed by atoms with Crippen molar-refractivity contribution in [2.45, 2.75) is 18.9 Å². The summed E-state index contributed by atoms with van der Waals surface area (Å²) in [5, 5.41) is 3.42. The number of rotatable bonds is 3. The monoisotopic (exact) mass is 200 g/mol. The predicted molar refractivity (Wildman–Crippen MR) is 59.3 cm³/mol. The van der Waals surface area contributed by atoms with Crippen molar-refractivity contribution in [3.05, 3.63) is 0 Å². The Kier molecular flexibility index (Phi) is 3.52. The lowest BCUT2D eigenvalue weighted by molar-refractivity contribution is 0.204. The van der Waals surface area contributed by atoms with Gasteiger partial charge < -0.3 is 10.2 Å². The fourth-order valence-corrected chi connectivity index (χ4v) is 3.05. The lowest BCUT2D eigenvalue weighted by Crippen LogP contribution is -2.45. The van der Waals surface area contributed by atoms with E-state index in [2.05, 4.69) is 29.0 Å². The van der Waals surface area contributed by atoms with Crippen molar-refractivity contribution in [1.82, 2.24) is 10.2 Å². The average Bonchev–Trinajstić information content (AvgIpc) is 2.02. The number of thioether (sulfide) groups is 1. The standard InChI is InChI=1S/C10H20N2S/c1-12(10-7-13-8-10)6-9-2-4-11-5-3-9/h9-11H,2-8H2,1H3. The molecule has 0 spiro atoms. The first-order valence-corrected chi connectivity index (χ1v) is 6.50. The molecule has 2 heterocycles. The van der Waals surface area contributed by atoms with E-state index in [4.69, 9.17) is 0 Å². The average molecular weight is 200 g/mol. The van der Waals surface area contributed by atoms with Gasteiger partial charge in [-0.25, -0.2) is 0 Å². The molecule has 0 aromatic heterocycles. The van der Waals surface area contributed by atoms with Gasteiger partial charge in [0.05, 0.1) is 0 Å². The van der Waals surface area contributed by atoms with E-state index in [0.29, 0.717) is 0 Å². The maximum Gasteiger partial charge on any atom is 0.0274 e. The number of nitrogens with zero attached hydrogens (tertiary/aromatic N) is 1. The van der Waals surface area contributed by atoms with Crippen molar-refractivity contribution in [1.29, 1.82) is 0 Å². The molecule has 13 heavy (non-hydrogen) atoms. The zero-order chi connectivity index (χ0) is 9.10. The van der Waals surface area contributed by atoms with Crippen LogP contribution in [0.2, 0.25) is 0 Å². The third kappa shape index (κ3) is 2.61. The van der Waals surface area contributed by atoms with Crippen molar-refractivity contribution in [3.8, 4) is 0 Å². The Morgan fingerprint density at radius 1 is 1.31 bits per heavy atom. The zero-order valence-corrected chi connectivity index (χ0v) is 9.28. The maximum absolute atomic E-state index is 3.42. The van der Waals surface area contributed by atoms with Gasteiger partial charge in [0.1, 0.15) is 0 Å². The minimum Gasteiger partial charge on any atom is -0.317 e. The second-order valence-electron chi connectivity index (χ2n) is 4.32. The molecule has 0 radical (unpaired) electrons. The highest BCUT2D eigenvalue weighted by Crippen LogP contribution is 2.24. The van der Waals surface area contributed by atoms with Crippen LogP contribution in [0.5, 0.6) is 0 Å². The lowest BCUT2D eigenvalue weighted by atomic mass is 9.97. The van der Waals surface area contributed by atoms with Crippen LogP contribution in [0.25, 0.3) is 0 Å². The van der Waals surface area contributed by atoms with Crippen molar-refractivity contribution in [2.24, 2.45) is 5.92 Å². The molecule has 0 amide bonds. The molecule has 2 aliphatic rings. The van der Waals surface area contributed by atoms with Gasteiger partial charge in [0.2, 0.25) is 0 Å². The summed E-state index contributed by atoms with van der Waals surface area (Å²) in [5.74, 6) is 3.68. The molecule has 2 fully saturated rings. The molecule has 76 valence electrons. The van der Waals surface area contributed by atoms with E-state index in [1.165, 1.54) is 44.0 Å². The summed E-state index contributed by atoms with van der Waals surface area (Å²) >= 11 is 2.08. The lowest BCUT2D eigenvalue weighted by Gasteiger charge is -2.37. The van der Waals surface area contributed by atoms with Crippen molar-refractivity contribution in [2.75, 3.05) is 38.2 Å². The van der Waals surface area contributed by atoms with E-state index in [1.807, 2.05) is 0 Å². The van der Waals surface area contributed by atoms with Gasteiger partial charge in [-0.05, 0) is 38.9 Å². The molecular formula is C10H20N2S. The minimum absolute atomic E-state index is 0.889. The third-order valence-electron chi connectivity index (χ3n) is 3.25. The summed E-state index contributed by atoms with van der Waals surface area (Å²) in [5.41, 5.74) is 0. The molecule has 0 unspecified atom stereocenters. The Bertz CT molecular complexity index is 153. The molecule has 0 aromatic rings. The summed E-state index contributed by atoms with van der Waals surface area (Å²) < 4.78 is 0. The van der Waals surface area contributed by atoms with Gasteiger partial charge in [0, 0.05) is 24.1 Å². The molecule has 1 N–H and O–H groups in total. The molecule has 0 aromatic carbocycles. The van der Waals surface area contributed by atoms with Crippen LogP contribution < -0.4 is 5.32 Å². The van der Waals surface area contributed by atoms with E-state index in [-0.39, 0.29) is 0 Å². The SMILES string of the molecule is CN(CC1CCNCC1)C1CSC1. The van der Waals surface area contributed by atoms with E-state index >= 15 is 0 Å². The van der Waals surface area contributed by atoms with Crippen molar-refractivity contribution < 1.29 is 0 Å². The highest BCUT2D eigenvalue weighted by molar-refractivity contribution is 8.00. The fourth-order valence-electron chi connectivity index (χ4n) is 2.10. The predicted octanol–water partition coefficient (Wildman–Crippen LogP) is 1.03. The summed E-state index contributed by atoms with van der Waals surface area (Å²) in [6, 6.07) is 0.889. The first kappa shape index (κ1) is 9.81. The number of hydrogen-bond acceptors (Lipinski definition) is 3. The van der Waals surface area contributed by atoms with E-state index in [9.17, 15) is 0 Å². The van der Waals surface area contributed by atoms with Gasteiger partial charge in [-0.2, -0.15) is 11.8 Å². The van der Waals surface area contributed by atoms with Gasteiger partial charge in [0.25, 0.3) is 0 Å². The Morgan fingerprint density at radius 2 is 2.00 bits per heavy atom. The molecule has 2 nitrogen and oxygen atoms in total. The number of piperidine rings is 1. The first-order valence-electron chi connectivity index (χ1n) is 5.35. The van der Waals surface area contributed by atoms with Crippen molar-refractivity contribution in [3.63, 3.8) is 0 Å². The second kappa shape index (κ2) is 4.67. The van der Waals surface area contributed by atoms with Gasteiger partial charge in [0.15, 0.2) is 0 Å². The van der Waals surface area contributed by atoms with E-state index < -0.39 is 0 Å². The summed E-state index contributed by atoms with van der Waals surface area (Å²) in [6.45, 7) is 3.79. The minimum atomic E-state index is 0.889. The quantitative estimate of drug-likeness (QED) is 0.732. The molecule has 0 bridgehead atoms. The van der Waals surface area contributed by atoms with Gasteiger partial charge in [-0.1, -0.05) is 0 Å². The van der Waals surface area contributed by atoms with Crippen LogP contribution in [0.15, 0.2) is 0 Å². The summed E-state index contributed by atoms with van der Waals surface area (Å²) in [6.07, 6.45) is 2.76. The Morgan fingerprint density at radius 3 is 2.54 bits per heavy atom. The van der Waals surface area contributed by atoms with Crippen LogP contribution in [0, 0.1) is 5.92 Å². The van der Waals surface area contributed by atoms with Gasteiger partial charge in [-0.15, -0.1) is 0 Å². The maximum atomic E-state index is 3.42. The molecule has 0 aliphatic carbocycles. The molecular weight excluding hydrogens is 180 g/mol. The Balaban J connectivity index is 1.69.